The number of carbonyl (C=O) groups excluding carboxylic acids is 2. The van der Waals surface area contributed by atoms with E-state index in [0.29, 0.717) is 12.5 Å². The minimum atomic E-state index is -0.128. The Balaban J connectivity index is 2.37. The van der Waals surface area contributed by atoms with Crippen molar-refractivity contribution < 1.29 is 14.3 Å². The highest BCUT2D eigenvalue weighted by molar-refractivity contribution is 5.81. The molecule has 0 aromatic heterocycles. The van der Waals surface area contributed by atoms with E-state index < -0.39 is 0 Å². The molecule has 5 heteroatoms. The number of esters is 1. The summed E-state index contributed by atoms with van der Waals surface area (Å²) in [6, 6.07) is -0.127. The number of piperidine rings is 1. The van der Waals surface area contributed by atoms with Crippen LogP contribution in [0, 0.1) is 11.8 Å². The van der Waals surface area contributed by atoms with Crippen molar-refractivity contribution in [3.05, 3.63) is 0 Å². The highest BCUT2D eigenvalue weighted by Gasteiger charge is 2.29. The molecule has 1 rings (SSSR count). The van der Waals surface area contributed by atoms with Crippen LogP contribution in [0.5, 0.6) is 0 Å². The van der Waals surface area contributed by atoms with Gasteiger partial charge in [-0.05, 0) is 38.8 Å². The van der Waals surface area contributed by atoms with Crippen LogP contribution in [0.15, 0.2) is 0 Å². The Bertz CT molecular complexity index is 310. The molecule has 19 heavy (non-hydrogen) atoms. The lowest BCUT2D eigenvalue weighted by molar-refractivity contribution is -0.147. The topological polar surface area (TPSA) is 58.6 Å². The van der Waals surface area contributed by atoms with E-state index in [1.54, 1.807) is 0 Å². The van der Waals surface area contributed by atoms with Crippen LogP contribution in [-0.2, 0) is 14.3 Å². The fraction of sp³-hybridized carbons (Fsp3) is 0.857. The molecule has 0 saturated carbocycles. The summed E-state index contributed by atoms with van der Waals surface area (Å²) in [6.45, 7) is 8.33. The number of hydrogen-bond donors (Lipinski definition) is 1. The van der Waals surface area contributed by atoms with Gasteiger partial charge in [0.15, 0.2) is 0 Å². The summed E-state index contributed by atoms with van der Waals surface area (Å²) in [4.78, 5) is 25.5. The molecular weight excluding hydrogens is 244 g/mol. The predicted molar refractivity (Wildman–Crippen MR) is 73.6 cm³/mol. The highest BCUT2D eigenvalue weighted by Crippen LogP contribution is 2.20. The van der Waals surface area contributed by atoms with E-state index in [0.717, 1.165) is 25.9 Å². The first kappa shape index (κ1) is 16.0. The van der Waals surface area contributed by atoms with Crippen molar-refractivity contribution in [1.29, 1.82) is 0 Å². The summed E-state index contributed by atoms with van der Waals surface area (Å²) in [6.07, 6.45) is 1.54. The van der Waals surface area contributed by atoms with Gasteiger partial charge in [-0.1, -0.05) is 13.8 Å². The molecule has 0 spiro atoms. The van der Waals surface area contributed by atoms with Crippen molar-refractivity contribution in [3.8, 4) is 0 Å². The molecule has 1 atom stereocenters. The van der Waals surface area contributed by atoms with Gasteiger partial charge in [0.05, 0.1) is 19.1 Å². The van der Waals surface area contributed by atoms with E-state index in [2.05, 4.69) is 24.1 Å². The van der Waals surface area contributed by atoms with Crippen molar-refractivity contribution in [1.82, 2.24) is 10.2 Å². The van der Waals surface area contributed by atoms with Crippen LogP contribution in [0.2, 0.25) is 0 Å². The molecule has 1 aliphatic heterocycles. The van der Waals surface area contributed by atoms with E-state index >= 15 is 0 Å². The summed E-state index contributed by atoms with van der Waals surface area (Å²) >= 11 is 0. The molecule has 1 unspecified atom stereocenters. The maximum atomic E-state index is 12.0. The van der Waals surface area contributed by atoms with E-state index in [1.807, 2.05) is 6.92 Å². The Morgan fingerprint density at radius 1 is 1.26 bits per heavy atom. The lowest BCUT2D eigenvalue weighted by Crippen LogP contribution is -2.49. The average Bonchev–Trinajstić information content (AvgIpc) is 2.43. The van der Waals surface area contributed by atoms with Gasteiger partial charge in [-0.2, -0.15) is 0 Å². The minimum Gasteiger partial charge on any atom is -0.469 e. The largest absolute Gasteiger partial charge is 0.469 e. The molecule has 0 aromatic carbocycles. The third-order valence-corrected chi connectivity index (χ3v) is 3.68. The van der Waals surface area contributed by atoms with Gasteiger partial charge < -0.3 is 10.1 Å². The number of hydrogen-bond acceptors (Lipinski definition) is 4. The van der Waals surface area contributed by atoms with Gasteiger partial charge in [0.1, 0.15) is 0 Å². The van der Waals surface area contributed by atoms with Gasteiger partial charge in [0.2, 0.25) is 5.91 Å². The Hall–Kier alpha value is -1.10. The average molecular weight is 270 g/mol. The van der Waals surface area contributed by atoms with E-state index in [1.165, 1.54) is 7.11 Å². The Kier molecular flexibility index (Phi) is 6.28. The van der Waals surface area contributed by atoms with Crippen LogP contribution >= 0.6 is 0 Å². The van der Waals surface area contributed by atoms with Crippen molar-refractivity contribution in [3.63, 3.8) is 0 Å². The molecule has 5 nitrogen and oxygen atoms in total. The third-order valence-electron chi connectivity index (χ3n) is 3.68. The Morgan fingerprint density at radius 3 is 2.32 bits per heavy atom. The highest BCUT2D eigenvalue weighted by atomic mass is 16.5. The van der Waals surface area contributed by atoms with Crippen LogP contribution in [0.3, 0.4) is 0 Å². The first-order valence-corrected chi connectivity index (χ1v) is 7.05. The van der Waals surface area contributed by atoms with Crippen LogP contribution in [0.25, 0.3) is 0 Å². The number of nitrogens with zero attached hydrogens (tertiary/aromatic N) is 1. The molecule has 0 bridgehead atoms. The zero-order valence-corrected chi connectivity index (χ0v) is 12.4. The van der Waals surface area contributed by atoms with Gasteiger partial charge in [-0.3, -0.25) is 14.5 Å². The second-order valence-electron chi connectivity index (χ2n) is 5.65. The molecule has 1 aliphatic rings. The second kappa shape index (κ2) is 7.48. The maximum Gasteiger partial charge on any atom is 0.308 e. The molecule has 1 fully saturated rings. The van der Waals surface area contributed by atoms with Crippen molar-refractivity contribution in [2.45, 2.75) is 39.7 Å². The molecule has 1 heterocycles. The summed E-state index contributed by atoms with van der Waals surface area (Å²) in [5.41, 5.74) is 0. The fourth-order valence-electron chi connectivity index (χ4n) is 2.31. The van der Waals surface area contributed by atoms with E-state index in [9.17, 15) is 9.59 Å². The van der Waals surface area contributed by atoms with Gasteiger partial charge in [0, 0.05) is 6.54 Å². The standard InChI is InChI=1S/C14H26N2O3/c1-10(2)9-15-13(17)11(3)16-7-5-12(6-8-16)14(18)19-4/h10-12H,5-9H2,1-4H3,(H,15,17). The normalized spacial score (nSPS) is 19.2. The first-order chi connectivity index (χ1) is 8.95. The number of ether oxygens (including phenoxy) is 1. The number of carbonyl (C=O) groups is 2. The zero-order chi connectivity index (χ0) is 14.4. The molecule has 0 aromatic rings. The number of amides is 1. The van der Waals surface area contributed by atoms with Crippen LogP contribution < -0.4 is 5.32 Å². The third kappa shape index (κ3) is 4.82. The van der Waals surface area contributed by atoms with Crippen molar-refractivity contribution in [2.75, 3.05) is 26.7 Å². The molecule has 110 valence electrons. The molecule has 1 saturated heterocycles. The fourth-order valence-corrected chi connectivity index (χ4v) is 2.31. The molecule has 1 amide bonds. The molecule has 0 aliphatic carbocycles. The van der Waals surface area contributed by atoms with Crippen LogP contribution in [0.4, 0.5) is 0 Å². The Labute approximate surface area is 115 Å². The zero-order valence-electron chi connectivity index (χ0n) is 12.4. The Morgan fingerprint density at radius 2 is 1.84 bits per heavy atom. The number of likely N-dealkylation sites (tertiary alicyclic amines) is 1. The van der Waals surface area contributed by atoms with E-state index in [4.69, 9.17) is 4.74 Å². The number of nitrogens with one attached hydrogen (secondary N) is 1. The predicted octanol–water partition coefficient (Wildman–Crippen LogP) is 1.03. The summed E-state index contributed by atoms with van der Waals surface area (Å²) in [7, 11) is 1.43. The maximum absolute atomic E-state index is 12.0. The first-order valence-electron chi connectivity index (χ1n) is 7.05. The molecule has 0 radical (unpaired) electrons. The summed E-state index contributed by atoms with van der Waals surface area (Å²) in [5.74, 6) is 0.398. The minimum absolute atomic E-state index is 0.00725. The molecular formula is C14H26N2O3. The SMILES string of the molecule is COC(=O)C1CCN(C(C)C(=O)NCC(C)C)CC1. The monoisotopic (exact) mass is 270 g/mol. The van der Waals surface area contributed by atoms with Gasteiger partial charge in [-0.25, -0.2) is 0 Å². The van der Waals surface area contributed by atoms with Gasteiger partial charge in [0.25, 0.3) is 0 Å². The van der Waals surface area contributed by atoms with Crippen molar-refractivity contribution >= 4 is 11.9 Å². The summed E-state index contributed by atoms with van der Waals surface area (Å²) < 4.78 is 4.76. The number of rotatable bonds is 5. The number of methoxy groups -OCH3 is 1. The lowest BCUT2D eigenvalue weighted by Gasteiger charge is -2.34. The van der Waals surface area contributed by atoms with Crippen LogP contribution in [-0.4, -0.2) is 49.6 Å². The molecule has 1 N–H and O–H groups in total. The van der Waals surface area contributed by atoms with Gasteiger partial charge in [-0.15, -0.1) is 0 Å². The second-order valence-corrected chi connectivity index (χ2v) is 5.65. The van der Waals surface area contributed by atoms with E-state index in [-0.39, 0.29) is 23.8 Å². The quantitative estimate of drug-likeness (QED) is 0.758. The summed E-state index contributed by atoms with van der Waals surface area (Å²) in [5, 5.41) is 2.95. The smallest absolute Gasteiger partial charge is 0.308 e. The van der Waals surface area contributed by atoms with Crippen molar-refractivity contribution in [2.24, 2.45) is 11.8 Å². The van der Waals surface area contributed by atoms with Crippen LogP contribution in [0.1, 0.15) is 33.6 Å². The lowest BCUT2D eigenvalue weighted by atomic mass is 9.96. The van der Waals surface area contributed by atoms with Gasteiger partial charge >= 0.3 is 5.97 Å².